The highest BCUT2D eigenvalue weighted by Crippen LogP contribution is 2.42. The number of rotatable bonds is 2. The summed E-state index contributed by atoms with van der Waals surface area (Å²) < 4.78 is 5.71. The van der Waals surface area contributed by atoms with Crippen molar-refractivity contribution in [2.75, 3.05) is 6.61 Å². The molecule has 3 atom stereocenters. The number of hydrogen-bond acceptors (Lipinski definition) is 1. The van der Waals surface area contributed by atoms with Gasteiger partial charge in [0.1, 0.15) is 5.75 Å². The van der Waals surface area contributed by atoms with E-state index < -0.39 is 0 Å². The minimum atomic E-state index is 0.396. The molecule has 2 aliphatic rings. The summed E-state index contributed by atoms with van der Waals surface area (Å²) >= 11 is 6.34. The number of fused-ring (bicyclic) bond motifs is 1. The molecule has 0 amide bonds. The predicted molar refractivity (Wildman–Crippen MR) is 66.3 cm³/mol. The van der Waals surface area contributed by atoms with Crippen molar-refractivity contribution in [2.45, 2.75) is 37.0 Å². The molecule has 0 N–H and O–H groups in total. The van der Waals surface area contributed by atoms with Crippen LogP contribution in [0.15, 0.2) is 24.3 Å². The molecule has 0 spiro atoms. The molecule has 1 fully saturated rings. The molecule has 0 saturated heterocycles. The Morgan fingerprint density at radius 3 is 2.94 bits per heavy atom. The van der Waals surface area contributed by atoms with Crippen molar-refractivity contribution in [1.29, 1.82) is 0 Å². The standard InChI is InChI=1S/C14H17ClO/c15-13-6-3-4-10(13)8-11-9-16-14-7-2-1-5-12(11)14/h1-2,5,7,10-11,13H,3-4,6,8-9H2. The highest BCUT2D eigenvalue weighted by molar-refractivity contribution is 6.20. The van der Waals surface area contributed by atoms with Gasteiger partial charge in [-0.1, -0.05) is 24.6 Å². The molecule has 1 saturated carbocycles. The maximum atomic E-state index is 6.34. The topological polar surface area (TPSA) is 9.23 Å². The average Bonchev–Trinajstić information content (AvgIpc) is 2.88. The monoisotopic (exact) mass is 236 g/mol. The Bertz CT molecular complexity index is 377. The summed E-state index contributed by atoms with van der Waals surface area (Å²) in [6.07, 6.45) is 4.99. The van der Waals surface area contributed by atoms with E-state index >= 15 is 0 Å². The highest BCUT2D eigenvalue weighted by Gasteiger charge is 2.31. The number of halogens is 1. The minimum absolute atomic E-state index is 0.396. The molecular formula is C14H17ClO. The molecule has 1 aliphatic heterocycles. The van der Waals surface area contributed by atoms with Gasteiger partial charge in [-0.05, 0) is 31.2 Å². The second kappa shape index (κ2) is 4.29. The number of alkyl halides is 1. The molecule has 3 unspecified atom stereocenters. The van der Waals surface area contributed by atoms with Gasteiger partial charge in [-0.2, -0.15) is 0 Å². The van der Waals surface area contributed by atoms with Crippen LogP contribution in [0, 0.1) is 5.92 Å². The average molecular weight is 237 g/mol. The molecular weight excluding hydrogens is 220 g/mol. The largest absolute Gasteiger partial charge is 0.493 e. The SMILES string of the molecule is ClC1CCCC1CC1COc2ccccc21. The molecule has 2 heteroatoms. The van der Waals surface area contributed by atoms with Crippen LogP contribution in [-0.4, -0.2) is 12.0 Å². The Morgan fingerprint density at radius 1 is 1.25 bits per heavy atom. The summed E-state index contributed by atoms with van der Waals surface area (Å²) in [4.78, 5) is 0. The fraction of sp³-hybridized carbons (Fsp3) is 0.571. The highest BCUT2D eigenvalue weighted by atomic mass is 35.5. The number of benzene rings is 1. The first-order valence-electron chi connectivity index (χ1n) is 6.20. The van der Waals surface area contributed by atoms with Gasteiger partial charge in [0.05, 0.1) is 6.61 Å². The zero-order valence-corrected chi connectivity index (χ0v) is 10.1. The molecule has 1 heterocycles. The third-order valence-electron chi connectivity index (χ3n) is 3.95. The number of hydrogen-bond donors (Lipinski definition) is 0. The molecule has 0 radical (unpaired) electrons. The maximum absolute atomic E-state index is 6.34. The third-order valence-corrected chi connectivity index (χ3v) is 4.53. The van der Waals surface area contributed by atoms with Gasteiger partial charge in [0.15, 0.2) is 0 Å². The molecule has 16 heavy (non-hydrogen) atoms. The summed E-state index contributed by atoms with van der Waals surface area (Å²) in [5.74, 6) is 2.35. The van der Waals surface area contributed by atoms with Crippen LogP contribution in [0.3, 0.4) is 0 Å². The Labute approximate surface area is 102 Å². The van der Waals surface area contributed by atoms with E-state index in [1.54, 1.807) is 0 Å². The molecule has 0 bridgehead atoms. The molecule has 1 aliphatic carbocycles. The van der Waals surface area contributed by atoms with Crippen LogP contribution in [-0.2, 0) is 0 Å². The van der Waals surface area contributed by atoms with Crippen LogP contribution >= 0.6 is 11.6 Å². The summed E-state index contributed by atoms with van der Waals surface area (Å²) in [7, 11) is 0. The van der Waals surface area contributed by atoms with Crippen LogP contribution in [0.2, 0.25) is 0 Å². The summed E-state index contributed by atoms with van der Waals surface area (Å²) in [6, 6.07) is 8.42. The van der Waals surface area contributed by atoms with Crippen molar-refractivity contribution in [3.63, 3.8) is 0 Å². The van der Waals surface area contributed by atoms with Gasteiger partial charge in [0.25, 0.3) is 0 Å². The lowest BCUT2D eigenvalue weighted by Gasteiger charge is -2.17. The second-order valence-corrected chi connectivity index (χ2v) is 5.55. The smallest absolute Gasteiger partial charge is 0.122 e. The first-order chi connectivity index (χ1) is 7.84. The van der Waals surface area contributed by atoms with Crippen LogP contribution in [0.25, 0.3) is 0 Å². The van der Waals surface area contributed by atoms with Gasteiger partial charge >= 0.3 is 0 Å². The summed E-state index contributed by atoms with van der Waals surface area (Å²) in [5, 5.41) is 0.396. The van der Waals surface area contributed by atoms with E-state index in [-0.39, 0.29) is 0 Å². The lowest BCUT2D eigenvalue weighted by atomic mass is 9.89. The molecule has 1 aromatic rings. The van der Waals surface area contributed by atoms with Crippen LogP contribution in [0.5, 0.6) is 5.75 Å². The third kappa shape index (κ3) is 1.82. The van der Waals surface area contributed by atoms with E-state index in [1.165, 1.54) is 31.2 Å². The Kier molecular flexibility index (Phi) is 2.81. The number of para-hydroxylation sites is 1. The van der Waals surface area contributed by atoms with Crippen molar-refractivity contribution in [3.8, 4) is 5.75 Å². The quantitative estimate of drug-likeness (QED) is 0.707. The van der Waals surface area contributed by atoms with E-state index in [0.29, 0.717) is 17.2 Å². The Hall–Kier alpha value is -0.690. The normalized spacial score (nSPS) is 32.4. The van der Waals surface area contributed by atoms with Crippen molar-refractivity contribution >= 4 is 11.6 Å². The van der Waals surface area contributed by atoms with Crippen molar-refractivity contribution in [3.05, 3.63) is 29.8 Å². The predicted octanol–water partition coefficient (Wildman–Crippen LogP) is 3.96. The van der Waals surface area contributed by atoms with Crippen molar-refractivity contribution in [1.82, 2.24) is 0 Å². The molecule has 86 valence electrons. The molecule has 3 rings (SSSR count). The molecule has 1 aromatic carbocycles. The van der Waals surface area contributed by atoms with Crippen LogP contribution in [0.1, 0.15) is 37.2 Å². The van der Waals surface area contributed by atoms with Crippen molar-refractivity contribution in [2.24, 2.45) is 5.92 Å². The van der Waals surface area contributed by atoms with Crippen LogP contribution < -0.4 is 4.74 Å². The Morgan fingerprint density at radius 2 is 2.12 bits per heavy atom. The summed E-state index contributed by atoms with van der Waals surface area (Å²) in [5.41, 5.74) is 1.39. The van der Waals surface area contributed by atoms with Gasteiger partial charge in [0, 0.05) is 16.9 Å². The summed E-state index contributed by atoms with van der Waals surface area (Å²) in [6.45, 7) is 0.847. The van der Waals surface area contributed by atoms with E-state index in [4.69, 9.17) is 16.3 Å². The van der Waals surface area contributed by atoms with E-state index in [1.807, 2.05) is 6.07 Å². The van der Waals surface area contributed by atoms with E-state index in [0.717, 1.165) is 12.4 Å². The molecule has 1 nitrogen and oxygen atoms in total. The van der Waals surface area contributed by atoms with Crippen LogP contribution in [0.4, 0.5) is 0 Å². The zero-order valence-electron chi connectivity index (χ0n) is 9.36. The number of ether oxygens (including phenoxy) is 1. The lowest BCUT2D eigenvalue weighted by molar-refractivity contribution is 0.307. The van der Waals surface area contributed by atoms with Gasteiger partial charge in [-0.3, -0.25) is 0 Å². The Balaban J connectivity index is 1.73. The van der Waals surface area contributed by atoms with Gasteiger partial charge in [-0.25, -0.2) is 0 Å². The fourth-order valence-electron chi connectivity index (χ4n) is 3.05. The first-order valence-corrected chi connectivity index (χ1v) is 6.64. The molecule has 0 aromatic heterocycles. The van der Waals surface area contributed by atoms with Gasteiger partial charge < -0.3 is 4.74 Å². The maximum Gasteiger partial charge on any atom is 0.122 e. The van der Waals surface area contributed by atoms with E-state index in [2.05, 4.69) is 18.2 Å². The fourth-order valence-corrected chi connectivity index (χ4v) is 3.43. The van der Waals surface area contributed by atoms with Crippen molar-refractivity contribution < 1.29 is 4.74 Å². The second-order valence-electron chi connectivity index (χ2n) is 4.99. The van der Waals surface area contributed by atoms with Gasteiger partial charge in [-0.15, -0.1) is 11.6 Å². The van der Waals surface area contributed by atoms with E-state index in [9.17, 15) is 0 Å². The first kappa shape index (κ1) is 10.5. The zero-order chi connectivity index (χ0) is 11.0. The minimum Gasteiger partial charge on any atom is -0.493 e. The van der Waals surface area contributed by atoms with Gasteiger partial charge in [0.2, 0.25) is 0 Å². The lowest BCUT2D eigenvalue weighted by Crippen LogP contribution is -2.13.